The van der Waals surface area contributed by atoms with Gasteiger partial charge in [0.05, 0.1) is 5.56 Å². The van der Waals surface area contributed by atoms with Crippen LogP contribution in [0.25, 0.3) is 11.4 Å². The largest absolute Gasteiger partial charge is 0.474 e. The number of nitriles is 1. The first-order valence-electron chi connectivity index (χ1n) is 8.07. The Bertz CT molecular complexity index is 1080. The van der Waals surface area contributed by atoms with Gasteiger partial charge in [0.2, 0.25) is 0 Å². The lowest BCUT2D eigenvalue weighted by Gasteiger charge is -2.26. The van der Waals surface area contributed by atoms with E-state index in [1.54, 1.807) is 13.1 Å². The minimum atomic E-state index is -1.36. The Kier molecular flexibility index (Phi) is 4.81. The molecule has 0 aliphatic heterocycles. The summed E-state index contributed by atoms with van der Waals surface area (Å²) in [6.45, 7) is 3.00. The van der Waals surface area contributed by atoms with E-state index in [0.717, 1.165) is 6.07 Å². The SMILES string of the molecule is Cn1c(-c2ccc(C#N)c(F)c2)nnc1C(C)(C)Oc1c(F)cc(F)cc1F. The van der Waals surface area contributed by atoms with Gasteiger partial charge in [-0.1, -0.05) is 0 Å². The third-order valence-electron chi connectivity index (χ3n) is 4.08. The molecule has 0 aliphatic carbocycles. The second-order valence-corrected chi connectivity index (χ2v) is 6.52. The van der Waals surface area contributed by atoms with Gasteiger partial charge >= 0.3 is 0 Å². The highest BCUT2D eigenvalue weighted by molar-refractivity contribution is 5.57. The number of halogens is 4. The van der Waals surface area contributed by atoms with E-state index in [0.29, 0.717) is 17.7 Å². The van der Waals surface area contributed by atoms with Crippen molar-refractivity contribution in [3.63, 3.8) is 0 Å². The maximum atomic E-state index is 13.9. The molecule has 2 aromatic carbocycles. The second-order valence-electron chi connectivity index (χ2n) is 6.52. The Morgan fingerprint density at radius 3 is 2.21 bits per heavy atom. The monoisotopic (exact) mass is 390 g/mol. The summed E-state index contributed by atoms with van der Waals surface area (Å²) in [5.41, 5.74) is -1.12. The maximum absolute atomic E-state index is 13.9. The van der Waals surface area contributed by atoms with Gasteiger partial charge in [-0.25, -0.2) is 17.6 Å². The summed E-state index contributed by atoms with van der Waals surface area (Å²) in [6.07, 6.45) is 0. The van der Waals surface area contributed by atoms with Gasteiger partial charge < -0.3 is 9.30 Å². The zero-order chi connectivity index (χ0) is 20.6. The van der Waals surface area contributed by atoms with Crippen molar-refractivity contribution in [2.75, 3.05) is 0 Å². The molecule has 1 aromatic heterocycles. The zero-order valence-corrected chi connectivity index (χ0v) is 15.1. The fourth-order valence-electron chi connectivity index (χ4n) is 2.78. The number of hydrogen-bond donors (Lipinski definition) is 0. The Hall–Kier alpha value is -3.41. The predicted molar refractivity (Wildman–Crippen MR) is 91.1 cm³/mol. The van der Waals surface area contributed by atoms with Crippen molar-refractivity contribution >= 4 is 0 Å². The van der Waals surface area contributed by atoms with Crippen LogP contribution in [-0.4, -0.2) is 14.8 Å². The highest BCUT2D eigenvalue weighted by Gasteiger charge is 2.32. The molecule has 0 N–H and O–H groups in total. The fourth-order valence-corrected chi connectivity index (χ4v) is 2.78. The highest BCUT2D eigenvalue weighted by Crippen LogP contribution is 2.32. The van der Waals surface area contributed by atoms with Crippen LogP contribution in [0.1, 0.15) is 25.2 Å². The van der Waals surface area contributed by atoms with Gasteiger partial charge in [0, 0.05) is 24.7 Å². The van der Waals surface area contributed by atoms with E-state index >= 15 is 0 Å². The Morgan fingerprint density at radius 1 is 1.00 bits per heavy atom. The third-order valence-corrected chi connectivity index (χ3v) is 4.08. The average molecular weight is 390 g/mol. The van der Waals surface area contributed by atoms with E-state index in [4.69, 9.17) is 10.00 Å². The zero-order valence-electron chi connectivity index (χ0n) is 15.1. The molecule has 3 rings (SSSR count). The Balaban J connectivity index is 1.99. The molecule has 0 spiro atoms. The first-order valence-corrected chi connectivity index (χ1v) is 8.07. The first kappa shape index (κ1) is 19.4. The highest BCUT2D eigenvalue weighted by atomic mass is 19.1. The van der Waals surface area contributed by atoms with Gasteiger partial charge in [0.15, 0.2) is 34.6 Å². The standard InChI is InChI=1S/C19H14F4N4O/c1-19(2,28-16-14(22)7-12(20)8-15(16)23)18-26-25-17(27(18)3)10-4-5-11(9-24)13(21)6-10/h4-8H,1-3H3. The van der Waals surface area contributed by atoms with Crippen molar-refractivity contribution in [3.05, 3.63) is 65.0 Å². The number of hydrogen-bond acceptors (Lipinski definition) is 4. The summed E-state index contributed by atoms with van der Waals surface area (Å²) in [5, 5.41) is 16.8. The minimum absolute atomic E-state index is 0.114. The fraction of sp³-hybridized carbons (Fsp3) is 0.211. The van der Waals surface area contributed by atoms with Crippen LogP contribution in [0.2, 0.25) is 0 Å². The summed E-state index contributed by atoms with van der Waals surface area (Å²) in [7, 11) is 1.57. The lowest BCUT2D eigenvalue weighted by Crippen LogP contribution is -2.30. The van der Waals surface area contributed by atoms with E-state index < -0.39 is 34.6 Å². The van der Waals surface area contributed by atoms with Gasteiger partial charge in [0.1, 0.15) is 17.7 Å². The van der Waals surface area contributed by atoms with Crippen molar-refractivity contribution in [2.24, 2.45) is 7.05 Å². The number of aromatic nitrogens is 3. The van der Waals surface area contributed by atoms with Crippen LogP contribution in [0.5, 0.6) is 5.75 Å². The molecule has 0 unspecified atom stereocenters. The van der Waals surface area contributed by atoms with Crippen LogP contribution in [-0.2, 0) is 12.6 Å². The van der Waals surface area contributed by atoms with E-state index in [2.05, 4.69) is 10.2 Å². The van der Waals surface area contributed by atoms with Crippen molar-refractivity contribution in [1.29, 1.82) is 5.26 Å². The lowest BCUT2D eigenvalue weighted by atomic mass is 10.1. The molecule has 0 saturated heterocycles. The van der Waals surface area contributed by atoms with Gasteiger partial charge in [-0.15, -0.1) is 10.2 Å². The first-order chi connectivity index (χ1) is 13.1. The molecule has 3 aromatic rings. The molecular formula is C19H14F4N4O. The second kappa shape index (κ2) is 6.96. The Morgan fingerprint density at radius 2 is 1.64 bits per heavy atom. The molecule has 144 valence electrons. The molecule has 0 fully saturated rings. The minimum Gasteiger partial charge on any atom is -0.474 e. The van der Waals surface area contributed by atoms with Crippen molar-refractivity contribution in [1.82, 2.24) is 14.8 Å². The summed E-state index contributed by atoms with van der Waals surface area (Å²) in [4.78, 5) is 0. The van der Waals surface area contributed by atoms with Crippen LogP contribution in [0.15, 0.2) is 30.3 Å². The molecule has 9 heteroatoms. The van der Waals surface area contributed by atoms with Crippen LogP contribution in [0.4, 0.5) is 17.6 Å². The van der Waals surface area contributed by atoms with Crippen LogP contribution in [0, 0.1) is 34.6 Å². The molecule has 0 aliphatic rings. The van der Waals surface area contributed by atoms with Crippen LogP contribution < -0.4 is 4.74 Å². The van der Waals surface area contributed by atoms with Crippen molar-refractivity contribution in [2.45, 2.75) is 19.4 Å². The van der Waals surface area contributed by atoms with Crippen molar-refractivity contribution < 1.29 is 22.3 Å². The maximum Gasteiger partial charge on any atom is 0.192 e. The van der Waals surface area contributed by atoms with Crippen LogP contribution >= 0.6 is 0 Å². The van der Waals surface area contributed by atoms with Gasteiger partial charge in [-0.3, -0.25) is 0 Å². The average Bonchev–Trinajstić information content (AvgIpc) is 3.00. The normalized spacial score (nSPS) is 11.4. The summed E-state index contributed by atoms with van der Waals surface area (Å²) in [6, 6.07) is 6.69. The lowest BCUT2D eigenvalue weighted by molar-refractivity contribution is 0.0833. The third kappa shape index (κ3) is 3.41. The summed E-state index contributed by atoms with van der Waals surface area (Å²) < 4.78 is 61.8. The van der Waals surface area contributed by atoms with Gasteiger partial charge in [0.25, 0.3) is 0 Å². The molecule has 5 nitrogen and oxygen atoms in total. The molecule has 0 bridgehead atoms. The quantitative estimate of drug-likeness (QED) is 0.626. The molecule has 28 heavy (non-hydrogen) atoms. The topological polar surface area (TPSA) is 63.7 Å². The molecule has 0 atom stereocenters. The molecule has 0 radical (unpaired) electrons. The molecule has 0 amide bonds. The number of nitrogens with zero attached hydrogens (tertiary/aromatic N) is 4. The predicted octanol–water partition coefficient (Wildman–Crippen LogP) is 4.22. The van der Waals surface area contributed by atoms with Crippen LogP contribution in [0.3, 0.4) is 0 Å². The summed E-state index contributed by atoms with van der Waals surface area (Å²) >= 11 is 0. The molecule has 0 saturated carbocycles. The van der Waals surface area contributed by atoms with Crippen molar-refractivity contribution in [3.8, 4) is 23.2 Å². The number of rotatable bonds is 4. The van der Waals surface area contributed by atoms with Gasteiger partial charge in [-0.05, 0) is 32.0 Å². The van der Waals surface area contributed by atoms with Gasteiger partial charge in [-0.2, -0.15) is 5.26 Å². The summed E-state index contributed by atoms with van der Waals surface area (Å²) in [5.74, 6) is -4.46. The smallest absolute Gasteiger partial charge is 0.192 e. The van der Waals surface area contributed by atoms with E-state index in [9.17, 15) is 17.6 Å². The molecule has 1 heterocycles. The van der Waals surface area contributed by atoms with E-state index in [1.165, 1.54) is 30.5 Å². The Labute approximate surface area is 157 Å². The number of ether oxygens (including phenoxy) is 1. The van der Waals surface area contributed by atoms with E-state index in [-0.39, 0.29) is 17.2 Å². The number of benzene rings is 2. The van der Waals surface area contributed by atoms with E-state index in [1.807, 2.05) is 0 Å². The molecular weight excluding hydrogens is 376 g/mol.